The zero-order chi connectivity index (χ0) is 16.9. The van der Waals surface area contributed by atoms with Crippen molar-refractivity contribution in [2.24, 2.45) is 5.10 Å². The number of amides is 1. The number of aromatic nitrogens is 3. The van der Waals surface area contributed by atoms with Gasteiger partial charge in [-0.15, -0.1) is 0 Å². The quantitative estimate of drug-likeness (QED) is 0.544. The molecular weight excluding hydrogens is 310 g/mol. The van der Waals surface area contributed by atoms with Crippen molar-refractivity contribution in [3.8, 4) is 11.5 Å². The summed E-state index contributed by atoms with van der Waals surface area (Å²) in [6.45, 7) is -0.0368. The Labute approximate surface area is 137 Å². The number of aromatic hydroxyl groups is 1. The van der Waals surface area contributed by atoms with Crippen LogP contribution in [0.5, 0.6) is 11.5 Å². The Morgan fingerprint density at radius 3 is 2.67 bits per heavy atom. The maximum atomic E-state index is 11.9. The number of methoxy groups -OCH3 is 1. The van der Waals surface area contributed by atoms with E-state index in [1.54, 1.807) is 12.1 Å². The van der Waals surface area contributed by atoms with Crippen molar-refractivity contribution in [2.45, 2.75) is 6.54 Å². The number of hydrogen-bond acceptors (Lipinski definition) is 6. The first-order valence-corrected chi connectivity index (χ1v) is 7.14. The number of nitrogens with zero attached hydrogens (tertiary/aromatic N) is 4. The fraction of sp³-hybridized carbons (Fsp3) is 0.125. The molecule has 0 aliphatic carbocycles. The second-order valence-electron chi connectivity index (χ2n) is 4.94. The Hall–Kier alpha value is -3.42. The second-order valence-corrected chi connectivity index (χ2v) is 4.94. The lowest BCUT2D eigenvalue weighted by atomic mass is 10.2. The summed E-state index contributed by atoms with van der Waals surface area (Å²) in [6.07, 6.45) is 1.45. The number of ether oxygens (including phenoxy) is 1. The summed E-state index contributed by atoms with van der Waals surface area (Å²) in [6, 6.07) is 12.1. The van der Waals surface area contributed by atoms with Gasteiger partial charge in [0, 0.05) is 0 Å². The molecule has 2 N–H and O–H groups in total. The van der Waals surface area contributed by atoms with Gasteiger partial charge in [-0.3, -0.25) is 4.79 Å². The van der Waals surface area contributed by atoms with Gasteiger partial charge in [-0.2, -0.15) is 20.1 Å². The maximum Gasteiger partial charge on any atom is 0.263 e. The molecular formula is C16H15N5O3. The van der Waals surface area contributed by atoms with Crippen molar-refractivity contribution in [2.75, 3.05) is 7.11 Å². The highest BCUT2D eigenvalue weighted by Crippen LogP contribution is 2.25. The Bertz CT molecular complexity index is 871. The van der Waals surface area contributed by atoms with E-state index in [0.717, 1.165) is 11.0 Å². The number of rotatable bonds is 5. The Kier molecular flexibility index (Phi) is 4.37. The molecule has 3 aromatic rings. The van der Waals surface area contributed by atoms with Crippen molar-refractivity contribution in [3.63, 3.8) is 0 Å². The molecule has 0 radical (unpaired) electrons. The van der Waals surface area contributed by atoms with Gasteiger partial charge in [0.05, 0.1) is 13.3 Å². The molecule has 1 amide bonds. The largest absolute Gasteiger partial charge is 0.504 e. The fourth-order valence-electron chi connectivity index (χ4n) is 2.09. The van der Waals surface area contributed by atoms with Gasteiger partial charge in [-0.05, 0) is 35.9 Å². The predicted molar refractivity (Wildman–Crippen MR) is 87.9 cm³/mol. The van der Waals surface area contributed by atoms with Crippen molar-refractivity contribution < 1.29 is 14.6 Å². The Morgan fingerprint density at radius 1 is 1.29 bits per heavy atom. The van der Waals surface area contributed by atoms with Crippen LogP contribution in [0.2, 0.25) is 0 Å². The van der Waals surface area contributed by atoms with Crippen LogP contribution >= 0.6 is 0 Å². The molecule has 24 heavy (non-hydrogen) atoms. The SMILES string of the molecule is COc1cc(/C=N/NC(=O)Cn2nc3ccccc3n2)ccc1O. The molecule has 0 fully saturated rings. The third kappa shape index (κ3) is 3.49. The maximum absolute atomic E-state index is 11.9. The third-order valence-electron chi connectivity index (χ3n) is 3.22. The number of fused-ring (bicyclic) bond motifs is 1. The minimum absolute atomic E-state index is 0.0368. The van der Waals surface area contributed by atoms with E-state index in [0.29, 0.717) is 11.3 Å². The first kappa shape index (κ1) is 15.5. The van der Waals surface area contributed by atoms with Gasteiger partial charge in [0.15, 0.2) is 11.5 Å². The third-order valence-corrected chi connectivity index (χ3v) is 3.22. The van der Waals surface area contributed by atoms with E-state index in [2.05, 4.69) is 20.7 Å². The van der Waals surface area contributed by atoms with Crippen LogP contribution < -0.4 is 10.2 Å². The van der Waals surface area contributed by atoms with Crippen molar-refractivity contribution in [1.82, 2.24) is 20.4 Å². The first-order valence-electron chi connectivity index (χ1n) is 7.14. The van der Waals surface area contributed by atoms with E-state index in [1.807, 2.05) is 24.3 Å². The topological polar surface area (TPSA) is 102 Å². The average molecular weight is 325 g/mol. The van der Waals surface area contributed by atoms with Crippen molar-refractivity contribution in [1.29, 1.82) is 0 Å². The van der Waals surface area contributed by atoms with E-state index in [4.69, 9.17) is 4.74 Å². The molecule has 1 aromatic heterocycles. The molecule has 0 saturated heterocycles. The lowest BCUT2D eigenvalue weighted by molar-refractivity contribution is -0.122. The molecule has 0 aliphatic rings. The van der Waals surface area contributed by atoms with Crippen LogP contribution in [0.1, 0.15) is 5.56 Å². The van der Waals surface area contributed by atoms with E-state index in [1.165, 1.54) is 24.2 Å². The summed E-state index contributed by atoms with van der Waals surface area (Å²) >= 11 is 0. The van der Waals surface area contributed by atoms with Crippen LogP contribution in [0.3, 0.4) is 0 Å². The number of carbonyl (C=O) groups is 1. The van der Waals surface area contributed by atoms with Gasteiger partial charge >= 0.3 is 0 Å². The molecule has 8 nitrogen and oxygen atoms in total. The number of carbonyl (C=O) groups excluding carboxylic acids is 1. The van der Waals surface area contributed by atoms with Crippen LogP contribution in [-0.4, -0.2) is 39.3 Å². The lowest BCUT2D eigenvalue weighted by Crippen LogP contribution is -2.24. The predicted octanol–water partition coefficient (Wildman–Crippen LogP) is 1.30. The van der Waals surface area contributed by atoms with Gasteiger partial charge in [0.25, 0.3) is 5.91 Å². The van der Waals surface area contributed by atoms with Gasteiger partial charge in [-0.25, -0.2) is 5.43 Å². The number of phenols is 1. The highest BCUT2D eigenvalue weighted by molar-refractivity contribution is 5.83. The van der Waals surface area contributed by atoms with Gasteiger partial charge in [0.2, 0.25) is 0 Å². The molecule has 8 heteroatoms. The summed E-state index contributed by atoms with van der Waals surface area (Å²) in [4.78, 5) is 13.2. The van der Waals surface area contributed by atoms with Gasteiger partial charge < -0.3 is 9.84 Å². The zero-order valence-electron chi connectivity index (χ0n) is 12.9. The zero-order valence-corrected chi connectivity index (χ0v) is 12.9. The molecule has 0 aliphatic heterocycles. The van der Waals surface area contributed by atoms with Crippen molar-refractivity contribution >= 4 is 23.2 Å². The smallest absolute Gasteiger partial charge is 0.263 e. The molecule has 0 unspecified atom stereocenters. The standard InChI is InChI=1S/C16H15N5O3/c1-24-15-8-11(6-7-14(15)22)9-17-18-16(23)10-21-19-12-4-2-3-5-13(12)20-21/h2-9,22H,10H2,1H3,(H,18,23)/b17-9+. The molecule has 122 valence electrons. The average Bonchev–Trinajstić information content (AvgIpc) is 2.98. The number of nitrogens with one attached hydrogen (secondary N) is 1. The first-order chi connectivity index (χ1) is 11.7. The van der Waals surface area contributed by atoms with Gasteiger partial charge in [0.1, 0.15) is 17.6 Å². The minimum Gasteiger partial charge on any atom is -0.504 e. The van der Waals surface area contributed by atoms with Crippen LogP contribution in [0.15, 0.2) is 47.6 Å². The van der Waals surface area contributed by atoms with E-state index < -0.39 is 0 Å². The summed E-state index contributed by atoms with van der Waals surface area (Å²) in [5.41, 5.74) is 4.53. The van der Waals surface area contributed by atoms with Crippen LogP contribution in [0.25, 0.3) is 11.0 Å². The molecule has 3 rings (SSSR count). The monoisotopic (exact) mass is 325 g/mol. The normalized spacial score (nSPS) is 11.0. The molecule has 1 heterocycles. The second kappa shape index (κ2) is 6.78. The molecule has 0 atom stereocenters. The minimum atomic E-state index is -0.350. The molecule has 2 aromatic carbocycles. The van der Waals surface area contributed by atoms with Crippen LogP contribution in [-0.2, 0) is 11.3 Å². The molecule has 0 saturated carbocycles. The molecule has 0 bridgehead atoms. The summed E-state index contributed by atoms with van der Waals surface area (Å²) in [5.74, 6) is 0.0190. The number of hydrazone groups is 1. The fourth-order valence-corrected chi connectivity index (χ4v) is 2.09. The summed E-state index contributed by atoms with van der Waals surface area (Å²) in [5, 5.41) is 21.8. The highest BCUT2D eigenvalue weighted by atomic mass is 16.5. The Balaban J connectivity index is 1.60. The Morgan fingerprint density at radius 2 is 2.00 bits per heavy atom. The van der Waals surface area contributed by atoms with E-state index >= 15 is 0 Å². The highest BCUT2D eigenvalue weighted by Gasteiger charge is 2.06. The van der Waals surface area contributed by atoms with Gasteiger partial charge in [-0.1, -0.05) is 12.1 Å². The number of benzene rings is 2. The lowest BCUT2D eigenvalue weighted by Gasteiger charge is -2.03. The summed E-state index contributed by atoms with van der Waals surface area (Å²) in [7, 11) is 1.46. The van der Waals surface area contributed by atoms with Crippen LogP contribution in [0.4, 0.5) is 0 Å². The number of phenolic OH excluding ortho intramolecular Hbond substituents is 1. The summed E-state index contributed by atoms with van der Waals surface area (Å²) < 4.78 is 5.00. The van der Waals surface area contributed by atoms with E-state index in [-0.39, 0.29) is 18.2 Å². The van der Waals surface area contributed by atoms with Crippen LogP contribution in [0, 0.1) is 0 Å². The van der Waals surface area contributed by atoms with Crippen molar-refractivity contribution in [3.05, 3.63) is 48.0 Å². The molecule has 0 spiro atoms. The number of hydrogen-bond donors (Lipinski definition) is 2. The van der Waals surface area contributed by atoms with E-state index in [9.17, 15) is 9.90 Å².